The molecule has 4 aromatic rings. The Morgan fingerprint density at radius 1 is 1.09 bits per heavy atom. The minimum Gasteiger partial charge on any atom is -0.494 e. The maximum absolute atomic E-state index is 14.3. The number of benzene rings is 3. The van der Waals surface area contributed by atoms with Gasteiger partial charge in [0.05, 0.1) is 24.4 Å². The van der Waals surface area contributed by atoms with Crippen LogP contribution in [0.2, 0.25) is 5.02 Å². The van der Waals surface area contributed by atoms with Crippen LogP contribution in [-0.2, 0) is 0 Å². The van der Waals surface area contributed by atoms with Gasteiger partial charge in [0.15, 0.2) is 11.6 Å². The Balaban J connectivity index is 1.64. The standard InChI is InChI=1S/C26H20ClFN4O3/c1-15-22(25-30-24(31-35-25)17-11-12-21(34-2)20(28)13-17)23(16-7-4-3-5-8-16)29-26(33)32(15)19-10-6-9-18(27)14-19/h3-14,23H,1-2H3,(H,29,33). The minimum absolute atomic E-state index is 0.118. The summed E-state index contributed by atoms with van der Waals surface area (Å²) in [5, 5.41) is 7.60. The number of carbonyl (C=O) groups excluding carboxylic acids is 1. The monoisotopic (exact) mass is 490 g/mol. The normalized spacial score (nSPS) is 15.8. The van der Waals surface area contributed by atoms with Crippen molar-refractivity contribution in [3.05, 3.63) is 101 Å². The molecule has 1 aromatic heterocycles. The molecule has 0 radical (unpaired) electrons. The second kappa shape index (κ2) is 9.23. The number of urea groups is 1. The van der Waals surface area contributed by atoms with E-state index in [1.807, 2.05) is 37.3 Å². The number of carbonyl (C=O) groups is 1. The van der Waals surface area contributed by atoms with E-state index in [0.29, 0.717) is 27.5 Å². The molecule has 2 amide bonds. The molecule has 1 N–H and O–H groups in total. The van der Waals surface area contributed by atoms with Crippen LogP contribution in [0.1, 0.15) is 24.4 Å². The number of amides is 2. The number of ether oxygens (including phenoxy) is 1. The Hall–Kier alpha value is -4.17. The van der Waals surface area contributed by atoms with Gasteiger partial charge in [-0.2, -0.15) is 4.98 Å². The fourth-order valence-electron chi connectivity index (χ4n) is 4.10. The van der Waals surface area contributed by atoms with Gasteiger partial charge in [0.2, 0.25) is 5.82 Å². The molecule has 0 saturated heterocycles. The molecule has 35 heavy (non-hydrogen) atoms. The van der Waals surface area contributed by atoms with E-state index < -0.39 is 11.9 Å². The molecule has 1 aliphatic rings. The summed E-state index contributed by atoms with van der Waals surface area (Å²) in [6.45, 7) is 1.81. The Morgan fingerprint density at radius 3 is 2.60 bits per heavy atom. The highest BCUT2D eigenvalue weighted by atomic mass is 35.5. The molecule has 0 spiro atoms. The molecular formula is C26H20ClFN4O3. The van der Waals surface area contributed by atoms with Gasteiger partial charge < -0.3 is 14.6 Å². The molecule has 5 rings (SSSR count). The van der Waals surface area contributed by atoms with Gasteiger partial charge in [-0.1, -0.05) is 53.2 Å². The smallest absolute Gasteiger partial charge is 0.326 e. The Kier molecular flexibility index (Phi) is 5.96. The Morgan fingerprint density at radius 2 is 1.89 bits per heavy atom. The molecule has 1 aliphatic heterocycles. The molecule has 1 atom stereocenters. The van der Waals surface area contributed by atoms with Crippen molar-refractivity contribution in [3.63, 3.8) is 0 Å². The van der Waals surface area contributed by atoms with Crippen molar-refractivity contribution in [2.45, 2.75) is 13.0 Å². The zero-order valence-corrected chi connectivity index (χ0v) is 19.6. The van der Waals surface area contributed by atoms with Crippen LogP contribution in [0.25, 0.3) is 17.0 Å². The number of rotatable bonds is 5. The van der Waals surface area contributed by atoms with E-state index in [4.69, 9.17) is 20.9 Å². The highest BCUT2D eigenvalue weighted by molar-refractivity contribution is 6.31. The number of halogens is 2. The van der Waals surface area contributed by atoms with Crippen molar-refractivity contribution in [2.24, 2.45) is 0 Å². The van der Waals surface area contributed by atoms with Crippen molar-refractivity contribution in [1.29, 1.82) is 0 Å². The van der Waals surface area contributed by atoms with Crippen LogP contribution >= 0.6 is 11.6 Å². The number of nitrogens with one attached hydrogen (secondary N) is 1. The summed E-state index contributed by atoms with van der Waals surface area (Å²) < 4.78 is 24.9. The lowest BCUT2D eigenvalue weighted by Crippen LogP contribution is -2.46. The first-order chi connectivity index (χ1) is 17.0. The van der Waals surface area contributed by atoms with Crippen LogP contribution in [0.5, 0.6) is 5.75 Å². The van der Waals surface area contributed by atoms with Crippen LogP contribution < -0.4 is 15.0 Å². The summed E-state index contributed by atoms with van der Waals surface area (Å²) in [6.07, 6.45) is 0. The molecule has 1 unspecified atom stereocenters. The van der Waals surface area contributed by atoms with Crippen molar-refractivity contribution >= 4 is 28.9 Å². The predicted molar refractivity (Wildman–Crippen MR) is 130 cm³/mol. The van der Waals surface area contributed by atoms with E-state index in [-0.39, 0.29) is 23.5 Å². The number of hydrogen-bond acceptors (Lipinski definition) is 5. The fraction of sp³-hybridized carbons (Fsp3) is 0.115. The third-order valence-corrected chi connectivity index (χ3v) is 5.99. The zero-order valence-electron chi connectivity index (χ0n) is 18.8. The summed E-state index contributed by atoms with van der Waals surface area (Å²) >= 11 is 6.19. The maximum atomic E-state index is 14.3. The van der Waals surface area contributed by atoms with Crippen molar-refractivity contribution in [1.82, 2.24) is 15.5 Å². The molecular weight excluding hydrogens is 471 g/mol. The first-order valence-electron chi connectivity index (χ1n) is 10.8. The molecule has 3 aromatic carbocycles. The van der Waals surface area contributed by atoms with E-state index in [2.05, 4.69) is 15.5 Å². The van der Waals surface area contributed by atoms with E-state index in [0.717, 1.165) is 5.56 Å². The first-order valence-corrected chi connectivity index (χ1v) is 11.1. The van der Waals surface area contributed by atoms with Gasteiger partial charge in [-0.05, 0) is 48.9 Å². The third kappa shape index (κ3) is 4.24. The van der Waals surface area contributed by atoms with Crippen LogP contribution in [0, 0.1) is 5.82 Å². The van der Waals surface area contributed by atoms with Gasteiger partial charge in [-0.3, -0.25) is 4.90 Å². The highest BCUT2D eigenvalue weighted by Crippen LogP contribution is 2.39. The quantitative estimate of drug-likeness (QED) is 0.358. The third-order valence-electron chi connectivity index (χ3n) is 5.75. The molecule has 9 heteroatoms. The number of hydrogen-bond donors (Lipinski definition) is 1. The molecule has 0 aliphatic carbocycles. The minimum atomic E-state index is -0.542. The number of nitrogens with zero attached hydrogens (tertiary/aromatic N) is 3. The second-order valence-corrected chi connectivity index (χ2v) is 8.32. The average Bonchev–Trinajstić information content (AvgIpc) is 3.34. The van der Waals surface area contributed by atoms with E-state index in [9.17, 15) is 9.18 Å². The number of anilines is 1. The van der Waals surface area contributed by atoms with Crippen LogP contribution in [0.15, 0.2) is 83.0 Å². The summed E-state index contributed by atoms with van der Waals surface area (Å²) in [5.74, 6) is -0.00670. The lowest BCUT2D eigenvalue weighted by atomic mass is 9.94. The van der Waals surface area contributed by atoms with Gasteiger partial charge in [0.25, 0.3) is 5.89 Å². The van der Waals surface area contributed by atoms with Crippen LogP contribution in [0.3, 0.4) is 0 Å². The molecule has 176 valence electrons. The highest BCUT2D eigenvalue weighted by Gasteiger charge is 2.36. The van der Waals surface area contributed by atoms with Crippen molar-refractivity contribution in [3.8, 4) is 17.1 Å². The lowest BCUT2D eigenvalue weighted by Gasteiger charge is -2.35. The maximum Gasteiger partial charge on any atom is 0.326 e. The number of methoxy groups -OCH3 is 1. The van der Waals surface area contributed by atoms with Gasteiger partial charge in [-0.15, -0.1) is 0 Å². The molecule has 0 fully saturated rings. The molecule has 2 heterocycles. The number of allylic oxidation sites excluding steroid dienone is 1. The molecule has 0 bridgehead atoms. The first kappa shape index (κ1) is 22.6. The van der Waals surface area contributed by atoms with Crippen molar-refractivity contribution < 1.29 is 18.4 Å². The Labute approximate surface area is 205 Å². The Bertz CT molecular complexity index is 1440. The van der Waals surface area contributed by atoms with E-state index in [1.165, 1.54) is 24.1 Å². The topological polar surface area (TPSA) is 80.5 Å². The summed E-state index contributed by atoms with van der Waals surface area (Å²) in [6, 6.07) is 20.0. The van der Waals surface area contributed by atoms with Gasteiger partial charge >= 0.3 is 6.03 Å². The summed E-state index contributed by atoms with van der Waals surface area (Å²) in [5.41, 5.74) is 3.08. The fourth-order valence-corrected chi connectivity index (χ4v) is 4.28. The van der Waals surface area contributed by atoms with E-state index in [1.54, 1.807) is 30.3 Å². The predicted octanol–water partition coefficient (Wildman–Crippen LogP) is 6.24. The zero-order chi connectivity index (χ0) is 24.5. The van der Waals surface area contributed by atoms with Gasteiger partial charge in [0, 0.05) is 16.3 Å². The van der Waals surface area contributed by atoms with Gasteiger partial charge in [0.1, 0.15) is 0 Å². The van der Waals surface area contributed by atoms with Gasteiger partial charge in [-0.25, -0.2) is 9.18 Å². The SMILES string of the molecule is COc1ccc(-c2noc(C3=C(C)N(c4cccc(Cl)c4)C(=O)NC3c3ccccc3)n2)cc1F. The summed E-state index contributed by atoms with van der Waals surface area (Å²) in [7, 11) is 1.40. The summed E-state index contributed by atoms with van der Waals surface area (Å²) in [4.78, 5) is 19.3. The largest absolute Gasteiger partial charge is 0.494 e. The lowest BCUT2D eigenvalue weighted by molar-refractivity contribution is 0.244. The molecule has 0 saturated carbocycles. The van der Waals surface area contributed by atoms with Crippen LogP contribution in [-0.4, -0.2) is 23.3 Å². The average molecular weight is 491 g/mol. The van der Waals surface area contributed by atoms with Crippen molar-refractivity contribution in [2.75, 3.05) is 12.0 Å². The second-order valence-electron chi connectivity index (χ2n) is 7.88. The van der Waals surface area contributed by atoms with Crippen LogP contribution in [0.4, 0.5) is 14.9 Å². The van der Waals surface area contributed by atoms with E-state index >= 15 is 0 Å². The number of aromatic nitrogens is 2. The molecule has 7 nitrogen and oxygen atoms in total.